The van der Waals surface area contributed by atoms with Crippen LogP contribution in [0.25, 0.3) is 0 Å². The van der Waals surface area contributed by atoms with E-state index >= 15 is 0 Å². The van der Waals surface area contributed by atoms with Crippen molar-refractivity contribution in [2.24, 2.45) is 0 Å². The summed E-state index contributed by atoms with van der Waals surface area (Å²) >= 11 is 3.14. The number of rotatable bonds is 3. The Morgan fingerprint density at radius 3 is 2.83 bits per heavy atom. The summed E-state index contributed by atoms with van der Waals surface area (Å²) < 4.78 is 5.97. The van der Waals surface area contributed by atoms with E-state index in [1.54, 1.807) is 12.1 Å². The predicted octanol–water partition coefficient (Wildman–Crippen LogP) is 3.85. The van der Waals surface area contributed by atoms with Gasteiger partial charge < -0.3 is 4.74 Å². The molecule has 1 aromatic carbocycles. The van der Waals surface area contributed by atoms with E-state index in [4.69, 9.17) is 4.74 Å². The molecule has 0 aliphatic carbocycles. The molecule has 2 rings (SSSR count). The van der Waals surface area contributed by atoms with Crippen molar-refractivity contribution in [3.8, 4) is 11.6 Å². The van der Waals surface area contributed by atoms with Crippen LogP contribution in [0.15, 0.2) is 41.0 Å². The highest BCUT2D eigenvalue weighted by Crippen LogP contribution is 2.31. The summed E-state index contributed by atoms with van der Waals surface area (Å²) in [5.74, 6) is 0.502. The topological polar surface area (TPSA) is 65.3 Å². The number of nitro groups is 1. The number of aromatic nitrogens is 1. The first-order valence-electron chi connectivity index (χ1n) is 5.11. The maximum atomic E-state index is 10.9. The Kier molecular flexibility index (Phi) is 3.57. The van der Waals surface area contributed by atoms with Gasteiger partial charge in [-0.2, -0.15) is 0 Å². The molecule has 0 spiro atoms. The van der Waals surface area contributed by atoms with Gasteiger partial charge in [-0.05, 0) is 40.5 Å². The minimum Gasteiger partial charge on any atom is -0.434 e. The quantitative estimate of drug-likeness (QED) is 0.638. The predicted molar refractivity (Wildman–Crippen MR) is 69.8 cm³/mol. The van der Waals surface area contributed by atoms with Gasteiger partial charge in [0.05, 0.1) is 4.92 Å². The number of benzene rings is 1. The van der Waals surface area contributed by atoms with E-state index < -0.39 is 4.92 Å². The standard InChI is InChI=1S/C12H9BrN2O3/c1-8-3-2-4-10(5-8)18-12-11(15(16)17)6-9(13)7-14-12/h2-7H,1H3. The van der Waals surface area contributed by atoms with Crippen molar-refractivity contribution < 1.29 is 9.66 Å². The van der Waals surface area contributed by atoms with Crippen LogP contribution in [0.5, 0.6) is 11.6 Å². The molecule has 0 aliphatic rings. The molecule has 5 nitrogen and oxygen atoms in total. The normalized spacial score (nSPS) is 10.1. The van der Waals surface area contributed by atoms with Crippen molar-refractivity contribution in [3.05, 3.63) is 56.7 Å². The van der Waals surface area contributed by atoms with Crippen molar-refractivity contribution in [3.63, 3.8) is 0 Å². The highest BCUT2D eigenvalue weighted by Gasteiger charge is 2.18. The Labute approximate surface area is 112 Å². The molecular formula is C12H9BrN2O3. The smallest absolute Gasteiger partial charge is 0.332 e. The summed E-state index contributed by atoms with van der Waals surface area (Å²) in [5.41, 5.74) is 0.832. The summed E-state index contributed by atoms with van der Waals surface area (Å²) in [5, 5.41) is 10.9. The first-order chi connectivity index (χ1) is 8.56. The third kappa shape index (κ3) is 2.84. The van der Waals surface area contributed by atoms with E-state index in [1.165, 1.54) is 12.3 Å². The fourth-order valence-electron chi connectivity index (χ4n) is 1.42. The van der Waals surface area contributed by atoms with Crippen molar-refractivity contribution in [2.45, 2.75) is 6.92 Å². The Hall–Kier alpha value is -1.95. The average Bonchev–Trinajstić information content (AvgIpc) is 2.31. The first-order valence-corrected chi connectivity index (χ1v) is 5.90. The van der Waals surface area contributed by atoms with E-state index in [9.17, 15) is 10.1 Å². The number of aryl methyl sites for hydroxylation is 1. The summed E-state index contributed by atoms with van der Waals surface area (Å²) in [4.78, 5) is 14.3. The van der Waals surface area contributed by atoms with Crippen LogP contribution >= 0.6 is 15.9 Å². The fraction of sp³-hybridized carbons (Fsp3) is 0.0833. The van der Waals surface area contributed by atoms with Gasteiger partial charge in [0.1, 0.15) is 5.75 Å². The Morgan fingerprint density at radius 1 is 1.39 bits per heavy atom. The highest BCUT2D eigenvalue weighted by atomic mass is 79.9. The molecule has 0 saturated heterocycles. The van der Waals surface area contributed by atoms with Crippen LogP contribution in [0.1, 0.15) is 5.56 Å². The minimum atomic E-state index is -0.525. The Balaban J connectivity index is 2.37. The molecule has 0 radical (unpaired) electrons. The Morgan fingerprint density at radius 2 is 2.17 bits per heavy atom. The number of halogens is 1. The number of hydrogen-bond acceptors (Lipinski definition) is 4. The van der Waals surface area contributed by atoms with Gasteiger partial charge in [0.25, 0.3) is 5.88 Å². The zero-order valence-corrected chi connectivity index (χ0v) is 11.0. The molecule has 2 aromatic rings. The molecule has 0 aliphatic heterocycles. The van der Waals surface area contributed by atoms with E-state index in [0.29, 0.717) is 10.2 Å². The number of ether oxygens (including phenoxy) is 1. The largest absolute Gasteiger partial charge is 0.434 e. The fourth-order valence-corrected chi connectivity index (χ4v) is 1.74. The molecule has 92 valence electrons. The molecule has 0 saturated carbocycles. The van der Waals surface area contributed by atoms with E-state index in [1.807, 2.05) is 19.1 Å². The lowest BCUT2D eigenvalue weighted by Crippen LogP contribution is -1.96. The monoisotopic (exact) mass is 308 g/mol. The number of hydrogen-bond donors (Lipinski definition) is 0. The minimum absolute atomic E-state index is 0.0196. The second-order valence-corrected chi connectivity index (χ2v) is 4.57. The molecule has 1 heterocycles. The van der Waals surface area contributed by atoms with Gasteiger partial charge in [0.2, 0.25) is 0 Å². The SMILES string of the molecule is Cc1cccc(Oc2ncc(Br)cc2[N+](=O)[O-])c1. The van der Waals surface area contributed by atoms with Gasteiger partial charge in [0, 0.05) is 16.7 Å². The molecule has 0 bridgehead atoms. The summed E-state index contributed by atoms with van der Waals surface area (Å²) in [6.45, 7) is 1.91. The van der Waals surface area contributed by atoms with Crippen LogP contribution in [-0.4, -0.2) is 9.91 Å². The molecule has 0 N–H and O–H groups in total. The van der Waals surface area contributed by atoms with Crippen LogP contribution in [0.2, 0.25) is 0 Å². The average molecular weight is 309 g/mol. The number of nitrogens with zero attached hydrogens (tertiary/aromatic N) is 2. The molecule has 1 aromatic heterocycles. The van der Waals surface area contributed by atoms with Crippen LogP contribution in [-0.2, 0) is 0 Å². The lowest BCUT2D eigenvalue weighted by atomic mass is 10.2. The van der Waals surface area contributed by atoms with Crippen molar-refractivity contribution in [1.82, 2.24) is 4.98 Å². The molecule has 6 heteroatoms. The van der Waals surface area contributed by atoms with Gasteiger partial charge in [0.15, 0.2) is 0 Å². The van der Waals surface area contributed by atoms with Gasteiger partial charge >= 0.3 is 5.69 Å². The molecule has 0 unspecified atom stereocenters. The Bertz CT molecular complexity index is 602. The second-order valence-electron chi connectivity index (χ2n) is 3.65. The van der Waals surface area contributed by atoms with Gasteiger partial charge in [-0.1, -0.05) is 12.1 Å². The summed E-state index contributed by atoms with van der Waals surface area (Å²) in [7, 11) is 0. The third-order valence-electron chi connectivity index (χ3n) is 2.20. The zero-order chi connectivity index (χ0) is 13.1. The molecule has 0 atom stereocenters. The molecule has 18 heavy (non-hydrogen) atoms. The molecular weight excluding hydrogens is 300 g/mol. The van der Waals surface area contributed by atoms with Crippen LogP contribution in [0.4, 0.5) is 5.69 Å². The van der Waals surface area contributed by atoms with E-state index in [-0.39, 0.29) is 11.6 Å². The van der Waals surface area contributed by atoms with E-state index in [2.05, 4.69) is 20.9 Å². The van der Waals surface area contributed by atoms with Gasteiger partial charge in [-0.25, -0.2) is 4.98 Å². The first kappa shape index (κ1) is 12.5. The highest BCUT2D eigenvalue weighted by molar-refractivity contribution is 9.10. The summed E-state index contributed by atoms with van der Waals surface area (Å²) in [6.07, 6.45) is 1.46. The second kappa shape index (κ2) is 5.14. The third-order valence-corrected chi connectivity index (χ3v) is 2.63. The lowest BCUT2D eigenvalue weighted by molar-refractivity contribution is -0.386. The van der Waals surface area contributed by atoms with Gasteiger partial charge in [-0.15, -0.1) is 0 Å². The van der Waals surface area contributed by atoms with Crippen molar-refractivity contribution >= 4 is 21.6 Å². The number of pyridine rings is 1. The van der Waals surface area contributed by atoms with Crippen molar-refractivity contribution in [1.29, 1.82) is 0 Å². The molecule has 0 amide bonds. The molecule has 0 fully saturated rings. The zero-order valence-electron chi connectivity index (χ0n) is 9.46. The maximum absolute atomic E-state index is 10.9. The van der Waals surface area contributed by atoms with Crippen LogP contribution in [0, 0.1) is 17.0 Å². The van der Waals surface area contributed by atoms with Gasteiger partial charge in [-0.3, -0.25) is 10.1 Å². The summed E-state index contributed by atoms with van der Waals surface area (Å²) in [6, 6.07) is 8.59. The van der Waals surface area contributed by atoms with E-state index in [0.717, 1.165) is 5.56 Å². The van der Waals surface area contributed by atoms with Crippen LogP contribution < -0.4 is 4.74 Å². The van der Waals surface area contributed by atoms with Crippen molar-refractivity contribution in [2.75, 3.05) is 0 Å². The lowest BCUT2D eigenvalue weighted by Gasteiger charge is -2.05. The maximum Gasteiger partial charge on any atom is 0.332 e. The van der Waals surface area contributed by atoms with Crippen LogP contribution in [0.3, 0.4) is 0 Å².